The summed E-state index contributed by atoms with van der Waals surface area (Å²) in [6.45, 7) is 20.0. The predicted molar refractivity (Wildman–Crippen MR) is 116 cm³/mol. The van der Waals surface area contributed by atoms with Crippen molar-refractivity contribution in [2.75, 3.05) is 0 Å². The largest absolute Gasteiger partial charge is 0.152 e. The maximum atomic E-state index is 6.11. The molecule has 0 N–H and O–H groups in total. The number of halogens is 2. The minimum Gasteiger partial charge on any atom is -0.129 e. The van der Waals surface area contributed by atoms with Crippen LogP contribution in [0.4, 0.5) is 0 Å². The van der Waals surface area contributed by atoms with Crippen LogP contribution in [0.2, 0.25) is 58.9 Å². The second-order valence-corrected chi connectivity index (χ2v) is 24.5. The Balaban J connectivity index is 6.25. The van der Waals surface area contributed by atoms with Gasteiger partial charge in [0.2, 0.25) is 0 Å². The highest BCUT2D eigenvalue weighted by atomic mass is 35.5. The number of rotatable bonds is 2. The Morgan fingerprint density at radius 1 is 0.652 bits per heavy atom. The van der Waals surface area contributed by atoms with Crippen LogP contribution in [0.15, 0.2) is 0 Å². The Morgan fingerprint density at radius 2 is 0.913 bits per heavy atom. The molecule has 0 aliphatic heterocycles. The van der Waals surface area contributed by atoms with E-state index in [9.17, 15) is 0 Å². The van der Waals surface area contributed by atoms with Crippen LogP contribution in [-0.4, -0.2) is 29.1 Å². The molecule has 0 heterocycles. The molecule has 0 nitrogen and oxygen atoms in total. The molecule has 0 saturated heterocycles. The fraction of sp³-hybridized carbons (Fsp3) is 0.667. The topological polar surface area (TPSA) is 0 Å². The van der Waals surface area contributed by atoms with Gasteiger partial charge in [0.1, 0.15) is 29.1 Å². The zero-order valence-electron chi connectivity index (χ0n) is 16.0. The molecule has 0 saturated carbocycles. The lowest BCUT2D eigenvalue weighted by Gasteiger charge is -2.20. The van der Waals surface area contributed by atoms with Crippen LogP contribution < -0.4 is 0 Å². The summed E-state index contributed by atoms with van der Waals surface area (Å²) in [4.78, 5) is -0.516. The molecule has 5 heteroatoms. The lowest BCUT2D eigenvalue weighted by atomic mass is 9.88. The van der Waals surface area contributed by atoms with Crippen LogP contribution in [0.25, 0.3) is 0 Å². The summed E-state index contributed by atoms with van der Waals surface area (Å²) >= 11 is 12.2. The molecule has 23 heavy (non-hydrogen) atoms. The summed E-state index contributed by atoms with van der Waals surface area (Å²) in [7, 11) is -4.58. The number of hydrogen-bond acceptors (Lipinski definition) is 0. The Hall–Kier alpha value is -0.0894. The summed E-state index contributed by atoms with van der Waals surface area (Å²) in [5.41, 5.74) is 9.62. The van der Waals surface area contributed by atoms with E-state index in [4.69, 9.17) is 23.2 Å². The molecule has 0 unspecified atom stereocenters. The number of hydrogen-bond donors (Lipinski definition) is 0. The molecule has 0 aromatic carbocycles. The van der Waals surface area contributed by atoms with Gasteiger partial charge < -0.3 is 0 Å². The van der Waals surface area contributed by atoms with Crippen molar-refractivity contribution in [2.24, 2.45) is 5.41 Å². The molecule has 0 amide bonds. The molecule has 0 aromatic heterocycles. The maximum absolute atomic E-state index is 6.11. The monoisotopic (exact) mass is 400 g/mol. The third kappa shape index (κ3) is 12.9. The van der Waals surface area contributed by atoms with Crippen LogP contribution in [0.5, 0.6) is 0 Å². The second kappa shape index (κ2) is 8.33. The first-order chi connectivity index (χ1) is 10.0. The Labute approximate surface area is 157 Å². The van der Waals surface area contributed by atoms with Gasteiger partial charge in [-0.3, -0.25) is 0 Å². The van der Waals surface area contributed by atoms with Crippen LogP contribution in [0.3, 0.4) is 0 Å². The molecular weight excluding hydrogens is 371 g/mol. The van der Waals surface area contributed by atoms with Gasteiger partial charge in [-0.1, -0.05) is 76.7 Å². The van der Waals surface area contributed by atoms with E-state index in [0.717, 1.165) is 0 Å². The summed E-state index contributed by atoms with van der Waals surface area (Å²) in [6, 6.07) is 0. The lowest BCUT2D eigenvalue weighted by molar-refractivity contribution is 0.666. The quantitative estimate of drug-likeness (QED) is 0.311. The Morgan fingerprint density at radius 3 is 1.09 bits per heavy atom. The summed E-state index contributed by atoms with van der Waals surface area (Å²) in [5.74, 6) is 10.2. The standard InChI is InChI=1S/C18H30Cl2Si3/c1-21(2,3)13-10-18(16-17(19)20,11-14-22(4,5)6)12-15-23(7,8)9/h17H,16H2,1-9H3. The van der Waals surface area contributed by atoms with E-state index in [1.54, 1.807) is 0 Å². The Kier molecular flexibility index (Phi) is 8.30. The van der Waals surface area contributed by atoms with Gasteiger partial charge in [0, 0.05) is 6.42 Å². The molecule has 0 bridgehead atoms. The fourth-order valence-corrected chi connectivity index (χ4v) is 3.59. The van der Waals surface area contributed by atoms with Crippen molar-refractivity contribution in [3.63, 3.8) is 0 Å². The zero-order chi connectivity index (χ0) is 18.5. The van der Waals surface area contributed by atoms with Crippen molar-refractivity contribution in [3.05, 3.63) is 0 Å². The smallest absolute Gasteiger partial charge is 0.129 e. The van der Waals surface area contributed by atoms with Crippen molar-refractivity contribution in [1.82, 2.24) is 0 Å². The summed E-state index contributed by atoms with van der Waals surface area (Å²) in [6.07, 6.45) is 0.475. The van der Waals surface area contributed by atoms with E-state index in [-0.39, 0.29) is 0 Å². The number of alkyl halides is 2. The lowest BCUT2D eigenvalue weighted by Crippen LogP contribution is -2.25. The van der Waals surface area contributed by atoms with Crippen molar-refractivity contribution in [1.29, 1.82) is 0 Å². The molecule has 0 atom stereocenters. The zero-order valence-corrected chi connectivity index (χ0v) is 20.6. The van der Waals surface area contributed by atoms with Crippen LogP contribution in [0.1, 0.15) is 6.42 Å². The summed E-state index contributed by atoms with van der Waals surface area (Å²) in [5, 5.41) is 0. The van der Waals surface area contributed by atoms with Crippen LogP contribution in [0, 0.1) is 39.8 Å². The van der Waals surface area contributed by atoms with Crippen molar-refractivity contribution in [3.8, 4) is 34.4 Å². The first-order valence-corrected chi connectivity index (χ1v) is 19.3. The van der Waals surface area contributed by atoms with Gasteiger partial charge in [-0.2, -0.15) is 0 Å². The minimum absolute atomic E-state index is 0.475. The summed E-state index contributed by atoms with van der Waals surface area (Å²) < 4.78 is 0. The molecule has 128 valence electrons. The highest BCUT2D eigenvalue weighted by Crippen LogP contribution is 2.27. The first kappa shape index (κ1) is 22.9. The highest BCUT2D eigenvalue weighted by Gasteiger charge is 2.28. The molecule has 0 spiro atoms. The Bertz CT molecular complexity index is 504. The van der Waals surface area contributed by atoms with Crippen LogP contribution >= 0.6 is 23.2 Å². The van der Waals surface area contributed by atoms with E-state index in [1.807, 2.05) is 0 Å². The van der Waals surface area contributed by atoms with E-state index < -0.39 is 34.5 Å². The van der Waals surface area contributed by atoms with E-state index in [2.05, 4.69) is 93.3 Å². The molecule has 0 radical (unpaired) electrons. The van der Waals surface area contributed by atoms with Gasteiger partial charge in [-0.25, -0.2) is 0 Å². The maximum Gasteiger partial charge on any atom is 0.152 e. The molecule has 0 aliphatic rings. The third-order valence-electron chi connectivity index (χ3n) is 2.41. The average Bonchev–Trinajstić information content (AvgIpc) is 2.27. The highest BCUT2D eigenvalue weighted by molar-refractivity contribution is 6.84. The third-order valence-corrected chi connectivity index (χ3v) is 5.35. The predicted octanol–water partition coefficient (Wildman–Crippen LogP) is 5.81. The van der Waals surface area contributed by atoms with Crippen molar-refractivity contribution in [2.45, 2.75) is 70.2 Å². The van der Waals surface area contributed by atoms with Gasteiger partial charge >= 0.3 is 0 Å². The van der Waals surface area contributed by atoms with Crippen molar-refractivity contribution >= 4 is 47.4 Å². The van der Waals surface area contributed by atoms with Gasteiger partial charge in [-0.05, 0) is 0 Å². The first-order valence-electron chi connectivity index (χ1n) is 7.95. The second-order valence-electron chi connectivity index (χ2n) is 9.00. The van der Waals surface area contributed by atoms with Gasteiger partial charge in [0.05, 0.1) is 0 Å². The van der Waals surface area contributed by atoms with Crippen LogP contribution in [-0.2, 0) is 0 Å². The minimum atomic E-state index is -1.53. The molecule has 0 aliphatic carbocycles. The molecule has 0 aromatic rings. The molecule has 0 rings (SSSR count). The van der Waals surface area contributed by atoms with E-state index >= 15 is 0 Å². The van der Waals surface area contributed by atoms with Gasteiger partial charge in [0.15, 0.2) is 5.41 Å². The fourth-order valence-electron chi connectivity index (χ4n) is 1.36. The van der Waals surface area contributed by atoms with Gasteiger partial charge in [-0.15, -0.1) is 39.8 Å². The molecular formula is C18H30Cl2Si3. The van der Waals surface area contributed by atoms with E-state index in [0.29, 0.717) is 6.42 Å². The van der Waals surface area contributed by atoms with Crippen molar-refractivity contribution < 1.29 is 0 Å². The van der Waals surface area contributed by atoms with Gasteiger partial charge in [0.25, 0.3) is 0 Å². The van der Waals surface area contributed by atoms with E-state index in [1.165, 1.54) is 0 Å². The molecule has 0 fully saturated rings. The average molecular weight is 402 g/mol. The normalized spacial score (nSPS) is 12.5. The SMILES string of the molecule is C[Si](C)(C)C#CC(C#C[Si](C)(C)C)(C#C[Si](C)(C)C)CC(Cl)Cl.